The van der Waals surface area contributed by atoms with Gasteiger partial charge in [0.15, 0.2) is 46.5 Å². The Bertz CT molecular complexity index is 6000. The van der Waals surface area contributed by atoms with Crippen LogP contribution in [0.4, 0.5) is 43.9 Å². The minimum atomic E-state index is -2.32. The monoisotopic (exact) mass is 1380 g/mol. The molecule has 4 aliphatic rings. The van der Waals surface area contributed by atoms with E-state index in [1.54, 1.807) is 72.9 Å². The largest absolute Gasteiger partial charge is 0.460 e. The van der Waals surface area contributed by atoms with E-state index < -0.39 is 86.4 Å². The minimum absolute atomic E-state index is 0.0373. The third kappa shape index (κ3) is 11.4. The maximum absolute atomic E-state index is 16.3. The molecule has 0 aliphatic carbocycles. The van der Waals surface area contributed by atoms with Crippen LogP contribution >= 0.6 is 0 Å². The van der Waals surface area contributed by atoms with Crippen LogP contribution in [0, 0.1) is 85.9 Å². The number of hydrogen-bond acceptors (Lipinski definition) is 6. The fraction of sp³-hybridized carbons (Fsp3) is 0.0723. The quantitative estimate of drug-likeness (QED) is 0.0465. The van der Waals surface area contributed by atoms with Crippen molar-refractivity contribution in [2.75, 3.05) is 0 Å². The molecule has 10 nitrogen and oxygen atoms in total. The van der Waals surface area contributed by atoms with Crippen molar-refractivity contribution in [1.29, 1.82) is 0 Å². The summed E-state index contributed by atoms with van der Waals surface area (Å²) in [6.07, 6.45) is 12.7. The highest BCUT2D eigenvalue weighted by atomic mass is 19.2. The Hall–Kier alpha value is -12.7. The van der Waals surface area contributed by atoms with Crippen LogP contribution in [0.5, 0.6) is 0 Å². The second kappa shape index (κ2) is 25.5. The van der Waals surface area contributed by atoms with Crippen LogP contribution in [0.3, 0.4) is 0 Å². The highest BCUT2D eigenvalue weighted by molar-refractivity contribution is 6.01. The van der Waals surface area contributed by atoms with Crippen LogP contribution in [0.2, 0.25) is 0 Å². The summed E-state index contributed by atoms with van der Waals surface area (Å²) in [5.74, 6) is -22.1. The van der Waals surface area contributed by atoms with Crippen LogP contribution in [0.1, 0.15) is 78.9 Å². The molecule has 16 rings (SSSR count). The molecule has 0 fully saturated rings. The Kier molecular flexibility index (Phi) is 16.1. The Morgan fingerprint density at radius 3 is 0.806 bits per heavy atom. The number of fused-ring (bicyclic) bond motifs is 16. The van der Waals surface area contributed by atoms with Crippen molar-refractivity contribution in [1.82, 2.24) is 39.9 Å². The lowest BCUT2D eigenvalue weighted by atomic mass is 10.0. The van der Waals surface area contributed by atoms with E-state index in [2.05, 4.69) is 19.9 Å². The van der Waals surface area contributed by atoms with Crippen molar-refractivity contribution in [3.8, 4) is 66.8 Å². The molecule has 4 aliphatic heterocycles. The van der Waals surface area contributed by atoms with Crippen LogP contribution in [-0.4, -0.2) is 45.8 Å². The molecule has 16 bridgehead atoms. The second-order valence-corrected chi connectivity index (χ2v) is 25.4. The molecule has 10 heterocycles. The van der Waals surface area contributed by atoms with Gasteiger partial charge < -0.3 is 24.7 Å². The first-order chi connectivity index (χ1) is 49.7. The molecule has 4 N–H and O–H groups in total. The fourth-order valence-corrected chi connectivity index (χ4v) is 13.5. The number of carbonyl (C=O) groups is 1. The van der Waals surface area contributed by atoms with E-state index in [9.17, 15) is 8.78 Å². The summed E-state index contributed by atoms with van der Waals surface area (Å²) in [7, 11) is 0. The number of H-pyrrole nitrogens is 4. The van der Waals surface area contributed by atoms with Gasteiger partial charge in [-0.05, 0) is 147 Å². The van der Waals surface area contributed by atoms with Gasteiger partial charge in [0.2, 0.25) is 11.6 Å². The molecule has 0 spiro atoms. The molecule has 0 atom stereocenters. The minimum Gasteiger partial charge on any atom is -0.460 e. The van der Waals surface area contributed by atoms with Crippen molar-refractivity contribution >= 4 is 98.7 Å². The molecule has 6 aromatic heterocycles. The highest BCUT2D eigenvalue weighted by Crippen LogP contribution is 2.44. The first-order valence-electron chi connectivity index (χ1n) is 32.5. The second-order valence-electron chi connectivity index (χ2n) is 25.4. The number of hydrogen-bond donors (Lipinski definition) is 4. The van der Waals surface area contributed by atoms with E-state index in [4.69, 9.17) is 24.7 Å². The van der Waals surface area contributed by atoms with Gasteiger partial charge in [0, 0.05) is 88.6 Å². The van der Waals surface area contributed by atoms with Gasteiger partial charge in [0.05, 0.1) is 63.1 Å². The van der Waals surface area contributed by atoms with E-state index in [1.165, 1.54) is 24.3 Å². The lowest BCUT2D eigenvalue weighted by molar-refractivity contribution is -0.144. The number of benzene rings is 6. The number of nitrogens with one attached hydrogen (secondary N) is 4. The van der Waals surface area contributed by atoms with Crippen molar-refractivity contribution in [3.63, 3.8) is 0 Å². The molecule has 103 heavy (non-hydrogen) atoms. The van der Waals surface area contributed by atoms with E-state index >= 15 is 39.9 Å². The summed E-state index contributed by atoms with van der Waals surface area (Å²) in [5, 5.41) is 0. The SMILES string of the molecule is Cc1ccc(-c2c3nc(c(-c4c(F)c(F)c(F)c(F)c4F)c4ccc([nH]4)c(-c4ccc(C)cc4)c4nc(c(COC(=O)Cc5c6nc(c(-c7ccc(C)cc7)c7ccc([nH]7)c(-c7c(F)c(F)c(F)c(F)c7F)c7nc(c(-c8ccc(C)cc8)c8ccc5[nH]8)C=C7)C=C6)c5ccc2[nH]5)C=C4)C=C3)cc1. The van der Waals surface area contributed by atoms with Crippen molar-refractivity contribution in [2.24, 2.45) is 0 Å². The molecule has 506 valence electrons. The summed E-state index contributed by atoms with van der Waals surface area (Å²) >= 11 is 0. The summed E-state index contributed by atoms with van der Waals surface area (Å²) < 4.78 is 163. The van der Waals surface area contributed by atoms with Crippen molar-refractivity contribution < 1.29 is 53.4 Å². The molecular weight excluding hydrogens is 1330 g/mol. The molecule has 0 unspecified atom stereocenters. The zero-order valence-corrected chi connectivity index (χ0v) is 54.8. The fourth-order valence-electron chi connectivity index (χ4n) is 13.5. The number of halogens is 10. The molecule has 12 aromatic rings. The van der Waals surface area contributed by atoms with E-state index in [-0.39, 0.29) is 46.8 Å². The van der Waals surface area contributed by atoms with Crippen LogP contribution < -0.4 is 0 Å². The first kappa shape index (κ1) is 64.9. The Morgan fingerprint density at radius 2 is 0.495 bits per heavy atom. The number of carbonyl (C=O) groups excluding carboxylic acids is 1. The molecular formula is C83H52F10N8O2. The molecule has 0 radical (unpaired) electrons. The average molecular weight is 1380 g/mol. The third-order valence-electron chi connectivity index (χ3n) is 18.7. The molecule has 20 heteroatoms. The predicted molar refractivity (Wildman–Crippen MR) is 382 cm³/mol. The van der Waals surface area contributed by atoms with Gasteiger partial charge in [-0.1, -0.05) is 119 Å². The van der Waals surface area contributed by atoms with Crippen LogP contribution in [0.15, 0.2) is 146 Å². The smallest absolute Gasteiger partial charge is 0.310 e. The first-order valence-corrected chi connectivity index (χ1v) is 32.5. The summed E-state index contributed by atoms with van der Waals surface area (Å²) in [6, 6.07) is 43.1. The van der Waals surface area contributed by atoms with Crippen LogP contribution in [-0.2, 0) is 22.6 Å². The highest BCUT2D eigenvalue weighted by Gasteiger charge is 2.33. The number of aromatic amines is 4. The van der Waals surface area contributed by atoms with Gasteiger partial charge in [-0.3, -0.25) is 4.79 Å². The lowest BCUT2D eigenvalue weighted by Crippen LogP contribution is -2.10. The van der Waals surface area contributed by atoms with Gasteiger partial charge in [-0.25, -0.2) is 63.8 Å². The maximum atomic E-state index is 16.3. The zero-order chi connectivity index (χ0) is 71.4. The Balaban J connectivity index is 0.900. The molecule has 0 saturated carbocycles. The molecule has 0 saturated heterocycles. The number of aromatic nitrogens is 8. The standard InChI is InChI=1S/C83H52F10N8O2/c1-39-5-13-43(14-6-39)66-53-25-21-49(94-53)47(50-22-26-54(95-50)67(44-15-7-40(2)8-16-44)58-30-34-62(99-58)70(61-33-29-57(66)98-61)72-74(84)78(88)82(92)79(89)75(72)85)37-65(102)103-38-48-51-23-27-55(96-51)68(45-17-9-41(3)10-18-45)59-31-35-63(100-59)71(73-76(86)80(90)83(93)81(91)77(73)87)64-36-32-60(101-64)69(56-28-24-52(48)97-56)46-19-11-42(4)12-20-46/h5-36,94,96,99,101H,37-38H2,1-4H3. The van der Waals surface area contributed by atoms with Gasteiger partial charge in [-0.15, -0.1) is 0 Å². The van der Waals surface area contributed by atoms with Gasteiger partial charge in [0.25, 0.3) is 0 Å². The van der Waals surface area contributed by atoms with Crippen molar-refractivity contribution in [2.45, 2.75) is 40.7 Å². The number of aryl methyl sites for hydroxylation is 4. The number of ether oxygens (including phenoxy) is 1. The summed E-state index contributed by atoms with van der Waals surface area (Å²) in [6.45, 7) is 7.26. The summed E-state index contributed by atoms with van der Waals surface area (Å²) in [5.41, 5.74) is 9.77. The van der Waals surface area contributed by atoms with Crippen LogP contribution in [0.25, 0.3) is 160 Å². The average Bonchev–Trinajstić information content (AvgIpc) is 1.71. The molecule has 0 amide bonds. The van der Waals surface area contributed by atoms with E-state index in [0.717, 1.165) is 22.3 Å². The number of esters is 1. The van der Waals surface area contributed by atoms with E-state index in [0.29, 0.717) is 112 Å². The van der Waals surface area contributed by atoms with Gasteiger partial charge in [0.1, 0.15) is 6.61 Å². The van der Waals surface area contributed by atoms with Gasteiger partial charge >= 0.3 is 5.97 Å². The maximum Gasteiger partial charge on any atom is 0.310 e. The Morgan fingerprint density at radius 1 is 0.272 bits per heavy atom. The van der Waals surface area contributed by atoms with Gasteiger partial charge in [-0.2, -0.15) is 0 Å². The number of rotatable bonds is 10. The topological polar surface area (TPSA) is 141 Å². The lowest BCUT2D eigenvalue weighted by Gasteiger charge is -2.10. The number of nitrogens with zero attached hydrogens (tertiary/aromatic N) is 4. The Labute approximate surface area is 579 Å². The zero-order valence-electron chi connectivity index (χ0n) is 54.8. The predicted octanol–water partition coefficient (Wildman–Crippen LogP) is 21.5. The normalized spacial score (nSPS) is 12.3. The van der Waals surface area contributed by atoms with E-state index in [1.807, 2.05) is 125 Å². The summed E-state index contributed by atoms with van der Waals surface area (Å²) in [4.78, 5) is 49.1. The third-order valence-corrected chi connectivity index (χ3v) is 18.7. The molecule has 6 aromatic carbocycles. The van der Waals surface area contributed by atoms with Crippen molar-refractivity contribution in [3.05, 3.63) is 283 Å².